The van der Waals surface area contributed by atoms with Gasteiger partial charge in [0.1, 0.15) is 12.4 Å². The third-order valence-corrected chi connectivity index (χ3v) is 4.26. The Labute approximate surface area is 128 Å². The van der Waals surface area contributed by atoms with Crippen LogP contribution >= 0.6 is 11.3 Å². The molecule has 3 rings (SSSR count). The smallest absolute Gasteiger partial charge is 0.131 e. The van der Waals surface area contributed by atoms with Gasteiger partial charge in [-0.3, -0.25) is 0 Å². The summed E-state index contributed by atoms with van der Waals surface area (Å²) in [6.07, 6.45) is 0.812. The minimum absolute atomic E-state index is 0.500. The summed E-state index contributed by atoms with van der Waals surface area (Å²) in [5, 5.41) is 5.54. The van der Waals surface area contributed by atoms with Gasteiger partial charge in [0.05, 0.1) is 10.7 Å². The lowest BCUT2D eigenvalue weighted by Crippen LogP contribution is -2.06. The standard InChI is InChI=1S/C17H18N2OS/c1-12-19-14(11-21-12)10-20-17-7-6-13-4-2-3-5-15(13)16(17)8-9-18/h2-7,11H,8-10,18H2,1H3. The zero-order valence-corrected chi connectivity index (χ0v) is 12.8. The fraction of sp³-hybridized carbons (Fsp3) is 0.235. The van der Waals surface area contributed by atoms with Gasteiger partial charge in [0.25, 0.3) is 0 Å². The summed E-state index contributed by atoms with van der Waals surface area (Å²) in [5.74, 6) is 0.907. The summed E-state index contributed by atoms with van der Waals surface area (Å²) < 4.78 is 5.99. The number of hydrogen-bond acceptors (Lipinski definition) is 4. The number of fused-ring (bicyclic) bond motifs is 1. The fourth-order valence-corrected chi connectivity index (χ4v) is 3.08. The van der Waals surface area contributed by atoms with E-state index in [1.807, 2.05) is 24.4 Å². The second-order valence-corrected chi connectivity index (χ2v) is 6.01. The van der Waals surface area contributed by atoms with Crippen LogP contribution in [0, 0.1) is 6.92 Å². The van der Waals surface area contributed by atoms with Crippen LogP contribution in [0.15, 0.2) is 41.8 Å². The number of thiazole rings is 1. The van der Waals surface area contributed by atoms with E-state index in [0.29, 0.717) is 13.2 Å². The minimum Gasteiger partial charge on any atom is -0.487 e. The molecule has 0 amide bonds. The molecule has 0 atom stereocenters. The van der Waals surface area contributed by atoms with E-state index in [9.17, 15) is 0 Å². The first kappa shape index (κ1) is 14.0. The molecular formula is C17H18N2OS. The Kier molecular flexibility index (Phi) is 4.18. The molecule has 0 fully saturated rings. The van der Waals surface area contributed by atoms with Crippen molar-refractivity contribution in [2.24, 2.45) is 5.73 Å². The second kappa shape index (κ2) is 6.24. The number of nitrogens with zero attached hydrogens (tertiary/aromatic N) is 1. The van der Waals surface area contributed by atoms with Gasteiger partial charge in [-0.2, -0.15) is 0 Å². The Morgan fingerprint density at radius 3 is 2.81 bits per heavy atom. The van der Waals surface area contributed by atoms with Gasteiger partial charge in [0.2, 0.25) is 0 Å². The Morgan fingerprint density at radius 2 is 2.05 bits per heavy atom. The van der Waals surface area contributed by atoms with Gasteiger partial charge in [0.15, 0.2) is 0 Å². The van der Waals surface area contributed by atoms with Crippen LogP contribution in [-0.4, -0.2) is 11.5 Å². The lowest BCUT2D eigenvalue weighted by molar-refractivity contribution is 0.299. The van der Waals surface area contributed by atoms with E-state index in [-0.39, 0.29) is 0 Å². The van der Waals surface area contributed by atoms with Crippen LogP contribution in [0.25, 0.3) is 10.8 Å². The number of benzene rings is 2. The third-order valence-electron chi connectivity index (χ3n) is 3.43. The Bertz CT molecular complexity index is 751. The van der Waals surface area contributed by atoms with Crippen molar-refractivity contribution >= 4 is 22.1 Å². The van der Waals surface area contributed by atoms with Crippen LogP contribution in [0.5, 0.6) is 5.75 Å². The molecular weight excluding hydrogens is 280 g/mol. The molecule has 1 aromatic heterocycles. The Hall–Kier alpha value is -1.91. The molecule has 2 aromatic carbocycles. The maximum Gasteiger partial charge on any atom is 0.131 e. The molecule has 0 radical (unpaired) electrons. The lowest BCUT2D eigenvalue weighted by Gasteiger charge is -2.13. The largest absolute Gasteiger partial charge is 0.487 e. The normalized spacial score (nSPS) is 11.0. The number of nitrogens with two attached hydrogens (primary N) is 1. The molecule has 0 unspecified atom stereocenters. The molecule has 0 aliphatic heterocycles. The quantitative estimate of drug-likeness (QED) is 0.781. The summed E-state index contributed by atoms with van der Waals surface area (Å²) in [7, 11) is 0. The van der Waals surface area contributed by atoms with Crippen molar-refractivity contribution in [1.29, 1.82) is 0 Å². The minimum atomic E-state index is 0.500. The lowest BCUT2D eigenvalue weighted by atomic mass is 10.0. The molecule has 0 saturated carbocycles. The molecule has 1 heterocycles. The summed E-state index contributed by atoms with van der Waals surface area (Å²) in [5.41, 5.74) is 7.92. The van der Waals surface area contributed by atoms with Crippen LogP contribution in [-0.2, 0) is 13.0 Å². The van der Waals surface area contributed by atoms with Crippen LogP contribution in [0.2, 0.25) is 0 Å². The average Bonchev–Trinajstić information content (AvgIpc) is 2.92. The summed E-state index contributed by atoms with van der Waals surface area (Å²) >= 11 is 1.65. The monoisotopic (exact) mass is 298 g/mol. The maximum absolute atomic E-state index is 5.99. The molecule has 108 valence electrons. The first-order chi connectivity index (χ1) is 10.3. The summed E-state index contributed by atoms with van der Waals surface area (Å²) in [4.78, 5) is 4.43. The van der Waals surface area contributed by atoms with E-state index in [2.05, 4.69) is 29.2 Å². The van der Waals surface area contributed by atoms with Crippen LogP contribution in [0.3, 0.4) is 0 Å². The Morgan fingerprint density at radius 1 is 1.19 bits per heavy atom. The number of ether oxygens (including phenoxy) is 1. The van der Waals surface area contributed by atoms with Crippen molar-refractivity contribution in [1.82, 2.24) is 4.98 Å². The predicted octanol–water partition coefficient (Wildman–Crippen LogP) is 3.68. The van der Waals surface area contributed by atoms with Crippen LogP contribution in [0.4, 0.5) is 0 Å². The van der Waals surface area contributed by atoms with Gasteiger partial charge in [-0.25, -0.2) is 4.98 Å². The van der Waals surface area contributed by atoms with Crippen molar-refractivity contribution in [3.05, 3.63) is 58.0 Å². The molecule has 0 aliphatic carbocycles. The average molecular weight is 298 g/mol. The highest BCUT2D eigenvalue weighted by atomic mass is 32.1. The van der Waals surface area contributed by atoms with Crippen LogP contribution < -0.4 is 10.5 Å². The second-order valence-electron chi connectivity index (χ2n) is 4.95. The van der Waals surface area contributed by atoms with Gasteiger partial charge in [-0.15, -0.1) is 11.3 Å². The highest BCUT2D eigenvalue weighted by molar-refractivity contribution is 7.09. The molecule has 0 bridgehead atoms. The van der Waals surface area contributed by atoms with Crippen molar-refractivity contribution in [2.75, 3.05) is 6.54 Å². The zero-order valence-electron chi connectivity index (χ0n) is 12.0. The SMILES string of the molecule is Cc1nc(COc2ccc3ccccc3c2CCN)cs1. The highest BCUT2D eigenvalue weighted by Crippen LogP contribution is 2.29. The maximum atomic E-state index is 5.99. The third kappa shape index (κ3) is 3.06. The number of rotatable bonds is 5. The van der Waals surface area contributed by atoms with E-state index in [1.54, 1.807) is 11.3 Å². The zero-order chi connectivity index (χ0) is 14.7. The van der Waals surface area contributed by atoms with Gasteiger partial charge in [0, 0.05) is 10.9 Å². The number of aryl methyl sites for hydroxylation is 1. The van der Waals surface area contributed by atoms with Crippen LogP contribution in [0.1, 0.15) is 16.3 Å². The number of aromatic nitrogens is 1. The summed E-state index contributed by atoms with van der Waals surface area (Å²) in [6.45, 7) is 3.12. The van der Waals surface area contributed by atoms with E-state index >= 15 is 0 Å². The first-order valence-electron chi connectivity index (χ1n) is 7.02. The fourth-order valence-electron chi connectivity index (χ4n) is 2.48. The molecule has 0 aliphatic rings. The molecule has 0 saturated heterocycles. The molecule has 4 heteroatoms. The van der Waals surface area contributed by atoms with E-state index < -0.39 is 0 Å². The van der Waals surface area contributed by atoms with Crippen molar-refractivity contribution in [3.8, 4) is 5.75 Å². The van der Waals surface area contributed by atoms with Gasteiger partial charge in [-0.1, -0.05) is 30.3 Å². The van der Waals surface area contributed by atoms with Crippen molar-refractivity contribution in [2.45, 2.75) is 20.0 Å². The predicted molar refractivity (Wildman–Crippen MR) is 87.9 cm³/mol. The molecule has 3 aromatic rings. The van der Waals surface area contributed by atoms with Gasteiger partial charge < -0.3 is 10.5 Å². The Balaban J connectivity index is 1.91. The summed E-state index contributed by atoms with van der Waals surface area (Å²) in [6, 6.07) is 12.5. The van der Waals surface area contributed by atoms with Crippen molar-refractivity contribution in [3.63, 3.8) is 0 Å². The molecule has 2 N–H and O–H groups in total. The molecule has 0 spiro atoms. The molecule has 21 heavy (non-hydrogen) atoms. The topological polar surface area (TPSA) is 48.1 Å². The van der Waals surface area contributed by atoms with Gasteiger partial charge >= 0.3 is 0 Å². The number of hydrogen-bond donors (Lipinski definition) is 1. The first-order valence-corrected chi connectivity index (χ1v) is 7.90. The van der Waals surface area contributed by atoms with Crippen molar-refractivity contribution < 1.29 is 4.74 Å². The van der Waals surface area contributed by atoms with Gasteiger partial charge in [-0.05, 0) is 36.7 Å². The highest BCUT2D eigenvalue weighted by Gasteiger charge is 2.09. The van der Waals surface area contributed by atoms with E-state index in [4.69, 9.17) is 10.5 Å². The van der Waals surface area contributed by atoms with E-state index in [1.165, 1.54) is 16.3 Å². The van der Waals surface area contributed by atoms with E-state index in [0.717, 1.165) is 22.9 Å². The molecule has 3 nitrogen and oxygen atoms in total.